The number of amides is 1. The highest BCUT2D eigenvalue weighted by atomic mass is 16.5. The van der Waals surface area contributed by atoms with E-state index in [1.807, 2.05) is 6.07 Å². The SMILES string of the molecule is O=C(O)C[C@@H]1CN(C(=O)c2cccc(OC[C@H]3CCCO3)c2)CCO1. The van der Waals surface area contributed by atoms with Crippen LogP contribution in [0.4, 0.5) is 0 Å². The van der Waals surface area contributed by atoms with Gasteiger partial charge >= 0.3 is 5.97 Å². The van der Waals surface area contributed by atoms with Crippen LogP contribution in [0.1, 0.15) is 29.6 Å². The number of aliphatic carboxylic acids is 1. The molecule has 0 saturated carbocycles. The van der Waals surface area contributed by atoms with Gasteiger partial charge in [0.15, 0.2) is 0 Å². The Hall–Kier alpha value is -2.12. The Bertz CT molecular complexity index is 613. The lowest BCUT2D eigenvalue weighted by Gasteiger charge is -2.32. The zero-order valence-electron chi connectivity index (χ0n) is 14.1. The number of nitrogens with zero attached hydrogens (tertiary/aromatic N) is 1. The second-order valence-corrected chi connectivity index (χ2v) is 6.32. The van der Waals surface area contributed by atoms with E-state index in [2.05, 4.69) is 0 Å². The summed E-state index contributed by atoms with van der Waals surface area (Å²) in [4.78, 5) is 25.2. The number of hydrogen-bond donors (Lipinski definition) is 1. The molecule has 2 aliphatic heterocycles. The minimum Gasteiger partial charge on any atom is -0.491 e. The van der Waals surface area contributed by atoms with E-state index in [0.29, 0.717) is 31.1 Å². The van der Waals surface area contributed by atoms with Crippen LogP contribution in [-0.2, 0) is 14.3 Å². The van der Waals surface area contributed by atoms with Crippen LogP contribution in [0.2, 0.25) is 0 Å². The Morgan fingerprint density at radius 2 is 2.08 bits per heavy atom. The van der Waals surface area contributed by atoms with Gasteiger partial charge in [0.05, 0.1) is 25.2 Å². The summed E-state index contributed by atoms with van der Waals surface area (Å²) in [5.41, 5.74) is 0.529. The van der Waals surface area contributed by atoms with E-state index in [-0.39, 0.29) is 25.0 Å². The fourth-order valence-corrected chi connectivity index (χ4v) is 3.09. The van der Waals surface area contributed by atoms with Crippen molar-refractivity contribution in [2.75, 3.05) is 32.9 Å². The molecule has 2 saturated heterocycles. The fraction of sp³-hybridized carbons (Fsp3) is 0.556. The summed E-state index contributed by atoms with van der Waals surface area (Å²) in [7, 11) is 0. The smallest absolute Gasteiger partial charge is 0.306 e. The molecule has 0 aromatic heterocycles. The Kier molecular flexibility index (Phi) is 5.88. The predicted octanol–water partition coefficient (Wildman–Crippen LogP) is 1.56. The first-order chi connectivity index (χ1) is 12.1. The van der Waals surface area contributed by atoms with E-state index < -0.39 is 12.1 Å². The van der Waals surface area contributed by atoms with Crippen molar-refractivity contribution in [3.05, 3.63) is 29.8 Å². The van der Waals surface area contributed by atoms with Gasteiger partial charge in [0.1, 0.15) is 12.4 Å². The first kappa shape index (κ1) is 17.7. The van der Waals surface area contributed by atoms with Crippen LogP contribution < -0.4 is 4.74 Å². The molecule has 1 N–H and O–H groups in total. The van der Waals surface area contributed by atoms with Crippen molar-refractivity contribution in [1.29, 1.82) is 0 Å². The maximum atomic E-state index is 12.7. The van der Waals surface area contributed by atoms with E-state index >= 15 is 0 Å². The van der Waals surface area contributed by atoms with Crippen LogP contribution in [0.3, 0.4) is 0 Å². The van der Waals surface area contributed by atoms with Gasteiger partial charge < -0.3 is 24.2 Å². The predicted molar refractivity (Wildman–Crippen MR) is 88.8 cm³/mol. The molecule has 7 heteroatoms. The van der Waals surface area contributed by atoms with Crippen molar-refractivity contribution in [3.8, 4) is 5.75 Å². The van der Waals surface area contributed by atoms with Crippen LogP contribution in [0.5, 0.6) is 5.75 Å². The molecule has 1 aromatic carbocycles. The topological polar surface area (TPSA) is 85.3 Å². The molecule has 7 nitrogen and oxygen atoms in total. The number of benzene rings is 1. The zero-order chi connectivity index (χ0) is 17.6. The molecule has 0 aliphatic carbocycles. The van der Waals surface area contributed by atoms with E-state index in [1.54, 1.807) is 23.1 Å². The molecule has 1 aromatic rings. The molecule has 1 amide bonds. The van der Waals surface area contributed by atoms with Crippen molar-refractivity contribution in [2.24, 2.45) is 0 Å². The van der Waals surface area contributed by atoms with Gasteiger partial charge in [0, 0.05) is 25.3 Å². The third-order valence-corrected chi connectivity index (χ3v) is 4.37. The highest BCUT2D eigenvalue weighted by molar-refractivity contribution is 5.94. The molecule has 2 aliphatic rings. The number of carboxylic acids is 1. The summed E-state index contributed by atoms with van der Waals surface area (Å²) in [5.74, 6) is -0.429. The third kappa shape index (κ3) is 4.93. The van der Waals surface area contributed by atoms with Crippen LogP contribution in [0, 0.1) is 0 Å². The fourth-order valence-electron chi connectivity index (χ4n) is 3.09. The molecular weight excluding hydrogens is 326 g/mol. The van der Waals surface area contributed by atoms with Crippen molar-refractivity contribution in [3.63, 3.8) is 0 Å². The van der Waals surface area contributed by atoms with E-state index in [4.69, 9.17) is 19.3 Å². The average molecular weight is 349 g/mol. The molecule has 0 unspecified atom stereocenters. The minimum absolute atomic E-state index is 0.103. The number of carbonyl (C=O) groups excluding carboxylic acids is 1. The van der Waals surface area contributed by atoms with Gasteiger partial charge in [-0.1, -0.05) is 6.07 Å². The van der Waals surface area contributed by atoms with E-state index in [1.165, 1.54) is 0 Å². The van der Waals surface area contributed by atoms with Crippen molar-refractivity contribution in [2.45, 2.75) is 31.5 Å². The van der Waals surface area contributed by atoms with Gasteiger partial charge in [0.2, 0.25) is 0 Å². The summed E-state index contributed by atoms with van der Waals surface area (Å²) in [6.07, 6.45) is 1.61. The standard InChI is InChI=1S/C18H23NO6/c20-17(21)10-16-11-19(6-8-24-16)18(22)13-3-1-4-14(9-13)25-12-15-5-2-7-23-15/h1,3-4,9,15-16H,2,5-8,10-12H2,(H,20,21)/t15-,16-/m1/s1. The van der Waals surface area contributed by atoms with Crippen LogP contribution in [-0.4, -0.2) is 67.0 Å². The number of carbonyl (C=O) groups is 2. The Labute approximate surface area is 146 Å². The number of morpholine rings is 1. The first-order valence-corrected chi connectivity index (χ1v) is 8.59. The van der Waals surface area contributed by atoms with Crippen LogP contribution in [0.25, 0.3) is 0 Å². The van der Waals surface area contributed by atoms with Gasteiger partial charge in [-0.15, -0.1) is 0 Å². The van der Waals surface area contributed by atoms with Crippen molar-refractivity contribution >= 4 is 11.9 Å². The van der Waals surface area contributed by atoms with Crippen molar-refractivity contribution in [1.82, 2.24) is 4.90 Å². The Balaban J connectivity index is 1.59. The number of ether oxygens (including phenoxy) is 3. The lowest BCUT2D eigenvalue weighted by atomic mass is 10.1. The van der Waals surface area contributed by atoms with Crippen LogP contribution >= 0.6 is 0 Å². The quantitative estimate of drug-likeness (QED) is 0.839. The molecule has 0 spiro atoms. The maximum absolute atomic E-state index is 12.7. The highest BCUT2D eigenvalue weighted by Crippen LogP contribution is 2.19. The second-order valence-electron chi connectivity index (χ2n) is 6.32. The number of hydrogen-bond acceptors (Lipinski definition) is 5. The minimum atomic E-state index is -0.927. The second kappa shape index (κ2) is 8.31. The zero-order valence-corrected chi connectivity index (χ0v) is 14.1. The number of rotatable bonds is 6. The molecule has 3 rings (SSSR count). The summed E-state index contributed by atoms with van der Waals surface area (Å²) in [6.45, 7) is 2.35. The maximum Gasteiger partial charge on any atom is 0.306 e. The lowest BCUT2D eigenvalue weighted by molar-refractivity contribution is -0.141. The van der Waals surface area contributed by atoms with Gasteiger partial charge in [-0.25, -0.2) is 0 Å². The first-order valence-electron chi connectivity index (χ1n) is 8.59. The molecule has 2 atom stereocenters. The van der Waals surface area contributed by atoms with E-state index in [0.717, 1.165) is 19.4 Å². The lowest BCUT2D eigenvalue weighted by Crippen LogP contribution is -2.46. The molecular formula is C18H23NO6. The molecule has 25 heavy (non-hydrogen) atoms. The van der Waals surface area contributed by atoms with Crippen molar-refractivity contribution < 1.29 is 28.9 Å². The van der Waals surface area contributed by atoms with Gasteiger partial charge in [-0.2, -0.15) is 0 Å². The van der Waals surface area contributed by atoms with Gasteiger partial charge in [-0.05, 0) is 31.0 Å². The molecule has 136 valence electrons. The largest absolute Gasteiger partial charge is 0.491 e. The highest BCUT2D eigenvalue weighted by Gasteiger charge is 2.26. The van der Waals surface area contributed by atoms with Gasteiger partial charge in [-0.3, -0.25) is 9.59 Å². The molecule has 0 radical (unpaired) electrons. The number of carboxylic acid groups (broad SMARTS) is 1. The third-order valence-electron chi connectivity index (χ3n) is 4.37. The molecule has 0 bridgehead atoms. The average Bonchev–Trinajstić information content (AvgIpc) is 3.13. The Morgan fingerprint density at radius 1 is 1.24 bits per heavy atom. The summed E-state index contributed by atoms with van der Waals surface area (Å²) in [6, 6.07) is 7.06. The summed E-state index contributed by atoms with van der Waals surface area (Å²) >= 11 is 0. The summed E-state index contributed by atoms with van der Waals surface area (Å²) in [5, 5.41) is 8.88. The molecule has 2 heterocycles. The van der Waals surface area contributed by atoms with Gasteiger partial charge in [0.25, 0.3) is 5.91 Å². The van der Waals surface area contributed by atoms with Crippen LogP contribution in [0.15, 0.2) is 24.3 Å². The normalized spacial score (nSPS) is 23.4. The van der Waals surface area contributed by atoms with E-state index in [9.17, 15) is 9.59 Å². The Morgan fingerprint density at radius 3 is 2.84 bits per heavy atom. The molecule has 2 fully saturated rings. The monoisotopic (exact) mass is 349 g/mol. The summed E-state index contributed by atoms with van der Waals surface area (Å²) < 4.78 is 16.7.